The van der Waals surface area contributed by atoms with Gasteiger partial charge in [-0.25, -0.2) is 0 Å². The second-order valence-corrected chi connectivity index (χ2v) is 4.14. The molecule has 0 heterocycles. The van der Waals surface area contributed by atoms with Gasteiger partial charge in [0, 0.05) is 26.1 Å². The van der Waals surface area contributed by atoms with Crippen molar-refractivity contribution in [3.63, 3.8) is 0 Å². The molecule has 0 saturated heterocycles. The molecule has 2 N–H and O–H groups in total. The largest absolute Gasteiger partial charge is 0.393 e. The molecule has 0 spiro atoms. The van der Waals surface area contributed by atoms with E-state index < -0.39 is 0 Å². The minimum Gasteiger partial charge on any atom is -0.393 e. The van der Waals surface area contributed by atoms with E-state index in [1.807, 2.05) is 0 Å². The van der Waals surface area contributed by atoms with Gasteiger partial charge in [0.1, 0.15) is 0 Å². The summed E-state index contributed by atoms with van der Waals surface area (Å²) in [6.07, 6.45) is 3.15. The molecule has 0 aromatic heterocycles. The summed E-state index contributed by atoms with van der Waals surface area (Å²) in [6.45, 7) is 8.95. The molecular weight excluding hydrogens is 208 g/mol. The molecule has 0 fully saturated rings. The van der Waals surface area contributed by atoms with Crippen molar-refractivity contribution in [1.82, 2.24) is 4.90 Å². The molecule has 0 amide bonds. The smallest absolute Gasteiger partial charge is 0.0740 e. The van der Waals surface area contributed by atoms with E-state index in [1.54, 1.807) is 0 Å². The second-order valence-electron chi connectivity index (χ2n) is 3.62. The van der Waals surface area contributed by atoms with Gasteiger partial charge in [-0.1, -0.05) is 32.5 Å². The zero-order valence-electron chi connectivity index (χ0n) is 10.00. The number of ether oxygens (including phenoxy) is 1. The molecule has 15 heavy (non-hydrogen) atoms. The first-order valence-corrected chi connectivity index (χ1v) is 6.19. The number of nitrogens with zero attached hydrogens (tertiary/aromatic N) is 1. The van der Waals surface area contributed by atoms with Gasteiger partial charge in [0.25, 0.3) is 0 Å². The predicted molar refractivity (Wildman–Crippen MR) is 69.2 cm³/mol. The van der Waals surface area contributed by atoms with E-state index in [1.165, 1.54) is 6.42 Å². The fraction of sp³-hybridized carbons (Fsp3) is 0.909. The van der Waals surface area contributed by atoms with Gasteiger partial charge in [-0.3, -0.25) is 0 Å². The molecule has 0 aromatic carbocycles. The average Bonchev–Trinajstić information content (AvgIpc) is 2.22. The van der Waals surface area contributed by atoms with E-state index in [4.69, 9.17) is 22.7 Å². The van der Waals surface area contributed by atoms with Crippen LogP contribution in [0.25, 0.3) is 0 Å². The maximum Gasteiger partial charge on any atom is 0.0740 e. The van der Waals surface area contributed by atoms with E-state index >= 15 is 0 Å². The quantitative estimate of drug-likeness (QED) is 0.460. The van der Waals surface area contributed by atoms with Crippen LogP contribution in [0.5, 0.6) is 0 Å². The monoisotopic (exact) mass is 232 g/mol. The summed E-state index contributed by atoms with van der Waals surface area (Å²) < 4.78 is 5.51. The third kappa shape index (κ3) is 10.1. The summed E-state index contributed by atoms with van der Waals surface area (Å²) in [5.41, 5.74) is 5.46. The number of nitrogens with two attached hydrogens (primary N) is 1. The van der Waals surface area contributed by atoms with Gasteiger partial charge in [0.15, 0.2) is 0 Å². The highest BCUT2D eigenvalue weighted by molar-refractivity contribution is 7.80. The lowest BCUT2D eigenvalue weighted by Gasteiger charge is -2.19. The van der Waals surface area contributed by atoms with Gasteiger partial charge in [-0.05, 0) is 13.0 Å². The molecule has 0 aliphatic carbocycles. The van der Waals surface area contributed by atoms with Crippen molar-refractivity contribution in [2.75, 3.05) is 32.8 Å². The van der Waals surface area contributed by atoms with Crippen molar-refractivity contribution in [3.8, 4) is 0 Å². The minimum absolute atomic E-state index is 0.598. The first-order chi connectivity index (χ1) is 7.20. The van der Waals surface area contributed by atoms with Gasteiger partial charge in [-0.2, -0.15) is 0 Å². The van der Waals surface area contributed by atoms with E-state index in [0.717, 1.165) is 45.7 Å². The number of likely N-dealkylation sites (N-methyl/N-ethyl adjacent to an activating group) is 1. The summed E-state index contributed by atoms with van der Waals surface area (Å²) in [7, 11) is 0. The van der Waals surface area contributed by atoms with Gasteiger partial charge in [0.05, 0.1) is 11.6 Å². The number of unbranched alkanes of at least 4 members (excludes halogenated alkanes) is 1. The third-order valence-corrected chi connectivity index (χ3v) is 2.52. The maximum absolute atomic E-state index is 5.51. The average molecular weight is 232 g/mol. The summed E-state index contributed by atoms with van der Waals surface area (Å²) in [5.74, 6) is 0. The van der Waals surface area contributed by atoms with Crippen molar-refractivity contribution < 1.29 is 4.74 Å². The fourth-order valence-corrected chi connectivity index (χ4v) is 1.33. The summed E-state index contributed by atoms with van der Waals surface area (Å²) in [5, 5.41) is 0. The third-order valence-electron chi connectivity index (χ3n) is 2.32. The topological polar surface area (TPSA) is 38.5 Å². The van der Waals surface area contributed by atoms with Crippen LogP contribution in [0, 0.1) is 0 Å². The Bertz CT molecular complexity index is 165. The molecule has 0 aliphatic heterocycles. The minimum atomic E-state index is 0.598. The Hall–Kier alpha value is -0.190. The molecule has 90 valence electrons. The molecular formula is C11H24N2OS. The number of hydrogen-bond donors (Lipinski definition) is 1. The first-order valence-electron chi connectivity index (χ1n) is 5.79. The van der Waals surface area contributed by atoms with Crippen molar-refractivity contribution in [2.24, 2.45) is 5.73 Å². The van der Waals surface area contributed by atoms with E-state index in [0.29, 0.717) is 4.99 Å². The van der Waals surface area contributed by atoms with Crippen LogP contribution in [0.1, 0.15) is 33.1 Å². The standard InChI is InChI=1S/C11H24N2OS/c1-3-5-9-14-10-8-13(4-2)7-6-11(12)15/h3-10H2,1-2H3,(H2,12,15). The Labute approximate surface area is 99.0 Å². The van der Waals surface area contributed by atoms with E-state index in [9.17, 15) is 0 Å². The fourth-order valence-electron chi connectivity index (χ4n) is 1.24. The van der Waals surface area contributed by atoms with Crippen LogP contribution in [0.3, 0.4) is 0 Å². The highest BCUT2D eigenvalue weighted by atomic mass is 32.1. The molecule has 4 heteroatoms. The Morgan fingerprint density at radius 1 is 1.27 bits per heavy atom. The van der Waals surface area contributed by atoms with Gasteiger partial charge >= 0.3 is 0 Å². The molecule has 0 aromatic rings. The number of hydrogen-bond acceptors (Lipinski definition) is 3. The van der Waals surface area contributed by atoms with Crippen molar-refractivity contribution in [3.05, 3.63) is 0 Å². The lowest BCUT2D eigenvalue weighted by atomic mass is 10.3. The van der Waals surface area contributed by atoms with Gasteiger partial charge in [0.2, 0.25) is 0 Å². The summed E-state index contributed by atoms with van der Waals surface area (Å²) >= 11 is 4.85. The number of thiocarbonyl (C=S) groups is 1. The van der Waals surface area contributed by atoms with Crippen LogP contribution in [0.15, 0.2) is 0 Å². The molecule has 0 radical (unpaired) electrons. The normalized spacial score (nSPS) is 10.9. The van der Waals surface area contributed by atoms with Crippen LogP contribution < -0.4 is 5.73 Å². The molecule has 0 atom stereocenters. The van der Waals surface area contributed by atoms with Gasteiger partial charge < -0.3 is 15.4 Å². The molecule has 3 nitrogen and oxygen atoms in total. The Balaban J connectivity index is 3.40. The van der Waals surface area contributed by atoms with Gasteiger partial charge in [-0.15, -0.1) is 0 Å². The number of rotatable bonds is 10. The van der Waals surface area contributed by atoms with E-state index in [-0.39, 0.29) is 0 Å². The molecule has 0 rings (SSSR count). The van der Waals surface area contributed by atoms with Crippen LogP contribution in [0.2, 0.25) is 0 Å². The molecule has 0 aliphatic rings. The van der Waals surface area contributed by atoms with Crippen molar-refractivity contribution >= 4 is 17.2 Å². The van der Waals surface area contributed by atoms with Crippen LogP contribution in [0.4, 0.5) is 0 Å². The SMILES string of the molecule is CCCCOCCN(CC)CCC(N)=S. The van der Waals surface area contributed by atoms with Crippen LogP contribution in [-0.2, 0) is 4.74 Å². The zero-order valence-corrected chi connectivity index (χ0v) is 10.8. The summed E-state index contributed by atoms with van der Waals surface area (Å²) in [6, 6.07) is 0. The Morgan fingerprint density at radius 2 is 2.00 bits per heavy atom. The lowest BCUT2D eigenvalue weighted by molar-refractivity contribution is 0.104. The van der Waals surface area contributed by atoms with Crippen LogP contribution in [-0.4, -0.2) is 42.7 Å². The van der Waals surface area contributed by atoms with Crippen molar-refractivity contribution in [2.45, 2.75) is 33.1 Å². The second kappa shape index (κ2) is 10.3. The van der Waals surface area contributed by atoms with Crippen LogP contribution >= 0.6 is 12.2 Å². The lowest BCUT2D eigenvalue weighted by Crippen LogP contribution is -2.30. The van der Waals surface area contributed by atoms with Crippen molar-refractivity contribution in [1.29, 1.82) is 0 Å². The Kier molecular flexibility index (Phi) is 10.2. The molecule has 0 bridgehead atoms. The Morgan fingerprint density at radius 3 is 2.53 bits per heavy atom. The first kappa shape index (κ1) is 14.8. The maximum atomic E-state index is 5.51. The zero-order chi connectivity index (χ0) is 11.5. The van der Waals surface area contributed by atoms with E-state index in [2.05, 4.69) is 18.7 Å². The predicted octanol–water partition coefficient (Wildman–Crippen LogP) is 1.80. The highest BCUT2D eigenvalue weighted by Gasteiger charge is 2.02. The molecule has 0 unspecified atom stereocenters. The summed E-state index contributed by atoms with van der Waals surface area (Å²) in [4.78, 5) is 2.91. The highest BCUT2D eigenvalue weighted by Crippen LogP contribution is 1.93. The molecule has 0 saturated carbocycles.